The van der Waals surface area contributed by atoms with E-state index in [-0.39, 0.29) is 0 Å². The second kappa shape index (κ2) is 5.46. The van der Waals surface area contributed by atoms with Crippen LogP contribution in [0.3, 0.4) is 0 Å². The summed E-state index contributed by atoms with van der Waals surface area (Å²) in [7, 11) is 0. The topological polar surface area (TPSA) is 35.8 Å². The van der Waals surface area contributed by atoms with Crippen molar-refractivity contribution in [3.8, 4) is 6.07 Å². The van der Waals surface area contributed by atoms with Crippen molar-refractivity contribution in [3.63, 3.8) is 0 Å². The average Bonchev–Trinajstić information content (AvgIpc) is 3.13. The maximum atomic E-state index is 9.29. The number of anilines is 1. The van der Waals surface area contributed by atoms with Gasteiger partial charge in [0.2, 0.25) is 0 Å². The first-order valence-electron chi connectivity index (χ1n) is 6.18. The third-order valence-electron chi connectivity index (χ3n) is 3.15. The van der Waals surface area contributed by atoms with Gasteiger partial charge in [-0.2, -0.15) is 5.26 Å². The Morgan fingerprint density at radius 2 is 2.29 bits per heavy atom. The smallest absolute Gasteiger partial charge is 0.102 e. The number of rotatable bonds is 5. The zero-order chi connectivity index (χ0) is 12.3. The van der Waals surface area contributed by atoms with Crippen molar-refractivity contribution in [1.29, 1.82) is 5.26 Å². The van der Waals surface area contributed by atoms with Crippen LogP contribution < -0.4 is 5.32 Å². The lowest BCUT2D eigenvalue weighted by molar-refractivity contribution is 0.693. The van der Waals surface area contributed by atoms with E-state index < -0.39 is 0 Å². The predicted molar refractivity (Wildman–Crippen MR) is 73.4 cm³/mol. The summed E-state index contributed by atoms with van der Waals surface area (Å²) in [6, 6.07) is 8.87. The maximum Gasteiger partial charge on any atom is 0.102 e. The van der Waals surface area contributed by atoms with Crippen molar-refractivity contribution in [3.05, 3.63) is 23.8 Å². The summed E-state index contributed by atoms with van der Waals surface area (Å²) >= 11 is 1.73. The number of benzene rings is 1. The van der Waals surface area contributed by atoms with Gasteiger partial charge in [-0.3, -0.25) is 0 Å². The van der Waals surface area contributed by atoms with Gasteiger partial charge in [0.25, 0.3) is 0 Å². The molecule has 2 nitrogen and oxygen atoms in total. The van der Waals surface area contributed by atoms with Gasteiger partial charge in [0.15, 0.2) is 0 Å². The van der Waals surface area contributed by atoms with Crippen molar-refractivity contribution >= 4 is 17.4 Å². The van der Waals surface area contributed by atoms with Gasteiger partial charge in [0, 0.05) is 10.9 Å². The second-order valence-electron chi connectivity index (χ2n) is 4.49. The summed E-state index contributed by atoms with van der Waals surface area (Å²) in [4.78, 5) is 1.09. The molecule has 1 N–H and O–H groups in total. The van der Waals surface area contributed by atoms with Gasteiger partial charge in [-0.05, 0) is 43.6 Å². The van der Waals surface area contributed by atoms with Crippen LogP contribution in [0, 0.1) is 17.2 Å². The van der Waals surface area contributed by atoms with Crippen LogP contribution in [0.25, 0.3) is 0 Å². The molecule has 0 amide bonds. The summed E-state index contributed by atoms with van der Waals surface area (Å²) in [6.45, 7) is 4.32. The summed E-state index contributed by atoms with van der Waals surface area (Å²) in [5.74, 6) is 1.79. The van der Waals surface area contributed by atoms with Crippen molar-refractivity contribution in [2.24, 2.45) is 5.92 Å². The van der Waals surface area contributed by atoms with E-state index in [1.807, 2.05) is 18.2 Å². The molecule has 0 radical (unpaired) electrons. The van der Waals surface area contributed by atoms with E-state index >= 15 is 0 Å². The highest BCUT2D eigenvalue weighted by Gasteiger charge is 2.28. The Morgan fingerprint density at radius 3 is 2.88 bits per heavy atom. The number of thioether (sulfide) groups is 1. The SMILES string of the molecule is CCSc1cccc(NC(C)C2CC2)c1C#N. The second-order valence-corrected chi connectivity index (χ2v) is 5.80. The molecule has 1 atom stereocenters. The molecule has 1 aliphatic carbocycles. The molecule has 2 rings (SSSR count). The normalized spacial score (nSPS) is 16.3. The number of nitrogens with zero attached hydrogens (tertiary/aromatic N) is 1. The average molecular weight is 246 g/mol. The van der Waals surface area contributed by atoms with Gasteiger partial charge < -0.3 is 5.32 Å². The van der Waals surface area contributed by atoms with E-state index in [2.05, 4.69) is 25.2 Å². The molecule has 1 aliphatic rings. The van der Waals surface area contributed by atoms with E-state index in [4.69, 9.17) is 0 Å². The van der Waals surface area contributed by atoms with E-state index in [1.54, 1.807) is 11.8 Å². The molecule has 0 aliphatic heterocycles. The van der Waals surface area contributed by atoms with E-state index in [0.29, 0.717) is 6.04 Å². The highest BCUT2D eigenvalue weighted by molar-refractivity contribution is 7.99. The lowest BCUT2D eigenvalue weighted by Gasteiger charge is -2.16. The van der Waals surface area contributed by atoms with Crippen LogP contribution in [0.5, 0.6) is 0 Å². The van der Waals surface area contributed by atoms with Crippen LogP contribution in [0.15, 0.2) is 23.1 Å². The van der Waals surface area contributed by atoms with Crippen LogP contribution in [-0.4, -0.2) is 11.8 Å². The standard InChI is InChI=1S/C14H18N2S/c1-3-17-14-6-4-5-13(12(14)9-15)16-10(2)11-7-8-11/h4-6,10-11,16H,3,7-8H2,1-2H3. The third kappa shape index (κ3) is 2.95. The van der Waals surface area contributed by atoms with Gasteiger partial charge in [-0.25, -0.2) is 0 Å². The summed E-state index contributed by atoms with van der Waals surface area (Å²) in [6.07, 6.45) is 2.64. The molecule has 1 unspecified atom stereocenters. The Morgan fingerprint density at radius 1 is 1.53 bits per heavy atom. The molecule has 1 saturated carbocycles. The first kappa shape index (κ1) is 12.3. The molecule has 90 valence electrons. The Labute approximate surface area is 107 Å². The molecule has 1 aromatic rings. The highest BCUT2D eigenvalue weighted by Crippen LogP contribution is 2.35. The summed E-state index contributed by atoms with van der Waals surface area (Å²) in [5, 5.41) is 12.8. The minimum Gasteiger partial charge on any atom is -0.381 e. The number of hydrogen-bond donors (Lipinski definition) is 1. The zero-order valence-electron chi connectivity index (χ0n) is 10.4. The maximum absolute atomic E-state index is 9.29. The molecule has 1 fully saturated rings. The molecular formula is C14H18N2S. The van der Waals surface area contributed by atoms with Gasteiger partial charge in [0.05, 0.1) is 11.3 Å². The van der Waals surface area contributed by atoms with Crippen LogP contribution in [0.1, 0.15) is 32.3 Å². The molecule has 17 heavy (non-hydrogen) atoms. The molecular weight excluding hydrogens is 228 g/mol. The number of hydrogen-bond acceptors (Lipinski definition) is 3. The lowest BCUT2D eigenvalue weighted by atomic mass is 10.1. The fourth-order valence-electron chi connectivity index (χ4n) is 2.00. The largest absolute Gasteiger partial charge is 0.381 e. The Balaban J connectivity index is 2.20. The lowest BCUT2D eigenvalue weighted by Crippen LogP contribution is -2.18. The highest BCUT2D eigenvalue weighted by atomic mass is 32.2. The molecule has 0 heterocycles. The Hall–Kier alpha value is -1.14. The van der Waals surface area contributed by atoms with Gasteiger partial charge in [-0.1, -0.05) is 13.0 Å². The van der Waals surface area contributed by atoms with E-state index in [0.717, 1.165) is 27.8 Å². The molecule has 1 aromatic carbocycles. The Bertz CT molecular complexity index is 432. The summed E-state index contributed by atoms with van der Waals surface area (Å²) < 4.78 is 0. The first-order chi connectivity index (χ1) is 8.26. The fraction of sp³-hybridized carbons (Fsp3) is 0.500. The predicted octanol–water partition coefficient (Wildman–Crippen LogP) is 3.88. The minimum absolute atomic E-state index is 0.476. The van der Waals surface area contributed by atoms with Gasteiger partial charge >= 0.3 is 0 Å². The molecule has 0 spiro atoms. The van der Waals surface area contributed by atoms with Crippen LogP contribution >= 0.6 is 11.8 Å². The van der Waals surface area contributed by atoms with Crippen molar-refractivity contribution in [2.75, 3.05) is 11.1 Å². The quantitative estimate of drug-likeness (QED) is 0.801. The Kier molecular flexibility index (Phi) is 3.96. The first-order valence-corrected chi connectivity index (χ1v) is 7.17. The number of nitriles is 1. The van der Waals surface area contributed by atoms with Crippen molar-refractivity contribution < 1.29 is 0 Å². The van der Waals surface area contributed by atoms with Crippen LogP contribution in [0.2, 0.25) is 0 Å². The van der Waals surface area contributed by atoms with Crippen molar-refractivity contribution in [1.82, 2.24) is 0 Å². The third-order valence-corrected chi connectivity index (χ3v) is 4.09. The summed E-state index contributed by atoms with van der Waals surface area (Å²) in [5.41, 5.74) is 1.79. The minimum atomic E-state index is 0.476. The van der Waals surface area contributed by atoms with E-state index in [9.17, 15) is 5.26 Å². The molecule has 3 heteroatoms. The molecule has 0 saturated heterocycles. The monoisotopic (exact) mass is 246 g/mol. The molecule has 0 bridgehead atoms. The van der Waals surface area contributed by atoms with Crippen molar-refractivity contribution in [2.45, 2.75) is 37.6 Å². The van der Waals surface area contributed by atoms with Crippen LogP contribution in [-0.2, 0) is 0 Å². The number of nitrogens with one attached hydrogen (secondary N) is 1. The van der Waals surface area contributed by atoms with Crippen LogP contribution in [0.4, 0.5) is 5.69 Å². The zero-order valence-corrected chi connectivity index (χ0v) is 11.2. The fourth-order valence-corrected chi connectivity index (χ4v) is 2.79. The van der Waals surface area contributed by atoms with Gasteiger partial charge in [-0.15, -0.1) is 11.8 Å². The molecule has 0 aromatic heterocycles. The van der Waals surface area contributed by atoms with Gasteiger partial charge in [0.1, 0.15) is 6.07 Å². The van der Waals surface area contributed by atoms with E-state index in [1.165, 1.54) is 12.8 Å².